The third-order valence-electron chi connectivity index (χ3n) is 3.82. The Hall–Kier alpha value is -3.00. The zero-order valence-corrected chi connectivity index (χ0v) is 13.4. The summed E-state index contributed by atoms with van der Waals surface area (Å²) >= 11 is 0. The number of nitrogens with one attached hydrogen (secondary N) is 1. The minimum atomic E-state index is -0.831. The fourth-order valence-electron chi connectivity index (χ4n) is 2.62. The molecular formula is C17H18N4O4. The summed E-state index contributed by atoms with van der Waals surface area (Å²) in [5.74, 6) is -0.314. The predicted molar refractivity (Wildman–Crippen MR) is 88.4 cm³/mol. The molecule has 130 valence electrons. The van der Waals surface area contributed by atoms with Crippen LogP contribution >= 0.6 is 0 Å². The molecule has 2 amide bonds. The molecule has 0 radical (unpaired) electrons. The molecule has 0 bridgehead atoms. The minimum Gasteiger partial charge on any atom is -0.445 e. The number of β-amino-alcohol motifs (C(OH)–C–C–N with tert-alkyl or cyclic N) is 1. The highest BCUT2D eigenvalue weighted by Gasteiger charge is 2.40. The van der Waals surface area contributed by atoms with Gasteiger partial charge in [-0.1, -0.05) is 30.3 Å². The Morgan fingerprint density at radius 2 is 1.92 bits per heavy atom. The lowest BCUT2D eigenvalue weighted by Crippen LogP contribution is -2.43. The first kappa shape index (κ1) is 16.8. The van der Waals surface area contributed by atoms with E-state index < -0.39 is 24.1 Å². The molecule has 1 fully saturated rings. The van der Waals surface area contributed by atoms with Crippen LogP contribution in [-0.2, 0) is 16.1 Å². The molecule has 3 rings (SSSR count). The summed E-state index contributed by atoms with van der Waals surface area (Å²) in [5, 5.41) is 12.4. The van der Waals surface area contributed by atoms with Crippen LogP contribution in [0, 0.1) is 0 Å². The van der Waals surface area contributed by atoms with Crippen molar-refractivity contribution in [3.63, 3.8) is 0 Å². The quantitative estimate of drug-likeness (QED) is 0.865. The van der Waals surface area contributed by atoms with Crippen molar-refractivity contribution >= 4 is 17.9 Å². The maximum absolute atomic E-state index is 12.4. The summed E-state index contributed by atoms with van der Waals surface area (Å²) in [5.41, 5.74) is 0.842. The largest absolute Gasteiger partial charge is 0.445 e. The first-order chi connectivity index (χ1) is 12.1. The molecule has 2 heterocycles. The van der Waals surface area contributed by atoms with E-state index in [0.29, 0.717) is 0 Å². The third-order valence-corrected chi connectivity index (χ3v) is 3.82. The Kier molecular flexibility index (Phi) is 5.20. The lowest BCUT2D eigenvalue weighted by atomic mass is 10.2. The molecule has 0 unspecified atom stereocenters. The monoisotopic (exact) mass is 342 g/mol. The predicted octanol–water partition coefficient (Wildman–Crippen LogP) is 1.19. The lowest BCUT2D eigenvalue weighted by molar-refractivity contribution is -0.120. The Morgan fingerprint density at radius 1 is 1.20 bits per heavy atom. The summed E-state index contributed by atoms with van der Waals surface area (Å²) in [6.07, 6.45) is 1.71. The van der Waals surface area contributed by atoms with Gasteiger partial charge in [-0.25, -0.2) is 14.8 Å². The van der Waals surface area contributed by atoms with Gasteiger partial charge in [0.1, 0.15) is 12.6 Å². The molecular weight excluding hydrogens is 324 g/mol. The van der Waals surface area contributed by atoms with E-state index >= 15 is 0 Å². The first-order valence-corrected chi connectivity index (χ1v) is 7.87. The topological polar surface area (TPSA) is 105 Å². The molecule has 0 aliphatic carbocycles. The zero-order chi connectivity index (χ0) is 17.6. The van der Waals surface area contributed by atoms with Gasteiger partial charge in [-0.15, -0.1) is 0 Å². The fourth-order valence-corrected chi connectivity index (χ4v) is 2.62. The summed E-state index contributed by atoms with van der Waals surface area (Å²) in [7, 11) is 0. The third kappa shape index (κ3) is 4.30. The van der Waals surface area contributed by atoms with Crippen molar-refractivity contribution in [2.24, 2.45) is 0 Å². The molecule has 25 heavy (non-hydrogen) atoms. The maximum atomic E-state index is 12.4. The Labute approximate surface area is 144 Å². The van der Waals surface area contributed by atoms with Gasteiger partial charge in [-0.05, 0) is 11.6 Å². The fraction of sp³-hybridized carbons (Fsp3) is 0.294. The van der Waals surface area contributed by atoms with Crippen molar-refractivity contribution in [2.45, 2.75) is 25.2 Å². The molecule has 0 spiro atoms. The smallest absolute Gasteiger partial charge is 0.410 e. The van der Waals surface area contributed by atoms with Crippen molar-refractivity contribution in [1.82, 2.24) is 14.9 Å². The van der Waals surface area contributed by atoms with E-state index in [-0.39, 0.29) is 25.5 Å². The molecule has 1 saturated heterocycles. The first-order valence-electron chi connectivity index (χ1n) is 7.87. The van der Waals surface area contributed by atoms with Gasteiger partial charge in [-0.3, -0.25) is 15.0 Å². The summed E-state index contributed by atoms with van der Waals surface area (Å²) in [6.45, 7) is 0.143. The van der Waals surface area contributed by atoms with Crippen LogP contribution in [0.15, 0.2) is 48.8 Å². The standard InChI is InChI=1S/C17H18N4O4/c22-13-9-14(15(23)20-16-18-7-4-8-19-16)21(10-13)17(24)25-11-12-5-2-1-3-6-12/h1-8,13-14,22H,9-11H2,(H,18,19,20,23)/t13-,14-/m1/s1. The zero-order valence-electron chi connectivity index (χ0n) is 13.4. The van der Waals surface area contributed by atoms with E-state index in [2.05, 4.69) is 15.3 Å². The molecule has 0 saturated carbocycles. The number of aromatic nitrogens is 2. The van der Waals surface area contributed by atoms with Crippen LogP contribution in [0.4, 0.5) is 10.7 Å². The van der Waals surface area contributed by atoms with Crippen LogP contribution in [0.1, 0.15) is 12.0 Å². The number of likely N-dealkylation sites (tertiary alicyclic amines) is 1. The summed E-state index contributed by atoms with van der Waals surface area (Å²) < 4.78 is 5.26. The van der Waals surface area contributed by atoms with Gasteiger partial charge in [0.05, 0.1) is 12.6 Å². The number of anilines is 1. The van der Waals surface area contributed by atoms with Crippen molar-refractivity contribution in [3.8, 4) is 0 Å². The van der Waals surface area contributed by atoms with Gasteiger partial charge in [-0.2, -0.15) is 0 Å². The second kappa shape index (κ2) is 7.71. The Balaban J connectivity index is 1.62. The van der Waals surface area contributed by atoms with E-state index in [4.69, 9.17) is 4.74 Å². The number of hydrogen-bond acceptors (Lipinski definition) is 6. The van der Waals surface area contributed by atoms with E-state index in [9.17, 15) is 14.7 Å². The van der Waals surface area contributed by atoms with Gasteiger partial charge in [0.15, 0.2) is 0 Å². The second-order valence-electron chi connectivity index (χ2n) is 5.66. The van der Waals surface area contributed by atoms with E-state index in [0.717, 1.165) is 5.56 Å². The van der Waals surface area contributed by atoms with Crippen LogP contribution in [0.5, 0.6) is 0 Å². The van der Waals surface area contributed by atoms with Gasteiger partial charge >= 0.3 is 6.09 Å². The number of rotatable bonds is 4. The highest BCUT2D eigenvalue weighted by atomic mass is 16.6. The Bertz CT molecular complexity index is 726. The van der Waals surface area contributed by atoms with Gasteiger partial charge in [0.25, 0.3) is 0 Å². The second-order valence-corrected chi connectivity index (χ2v) is 5.66. The SMILES string of the molecule is O=C(Nc1ncccn1)[C@H]1C[C@@H](O)CN1C(=O)OCc1ccccc1. The summed E-state index contributed by atoms with van der Waals surface area (Å²) in [6, 6.07) is 10.0. The van der Waals surface area contributed by atoms with Crippen molar-refractivity contribution in [1.29, 1.82) is 0 Å². The molecule has 1 aromatic carbocycles. The van der Waals surface area contributed by atoms with Crippen LogP contribution in [-0.4, -0.2) is 50.7 Å². The van der Waals surface area contributed by atoms with E-state index in [1.54, 1.807) is 6.07 Å². The van der Waals surface area contributed by atoms with Crippen LogP contribution in [0.3, 0.4) is 0 Å². The molecule has 2 N–H and O–H groups in total. The average molecular weight is 342 g/mol. The molecule has 2 atom stereocenters. The van der Waals surface area contributed by atoms with Crippen molar-refractivity contribution < 1.29 is 19.4 Å². The van der Waals surface area contributed by atoms with Crippen molar-refractivity contribution in [2.75, 3.05) is 11.9 Å². The average Bonchev–Trinajstić information content (AvgIpc) is 3.03. The molecule has 2 aromatic rings. The van der Waals surface area contributed by atoms with Crippen molar-refractivity contribution in [3.05, 3.63) is 54.4 Å². The molecule has 8 nitrogen and oxygen atoms in total. The number of aliphatic hydroxyl groups excluding tert-OH is 1. The van der Waals surface area contributed by atoms with Crippen LogP contribution in [0.25, 0.3) is 0 Å². The highest BCUT2D eigenvalue weighted by Crippen LogP contribution is 2.20. The van der Waals surface area contributed by atoms with Crippen LogP contribution in [0.2, 0.25) is 0 Å². The number of nitrogens with zero attached hydrogens (tertiary/aromatic N) is 3. The minimum absolute atomic E-state index is 0.0430. The number of hydrogen-bond donors (Lipinski definition) is 2. The normalized spacial score (nSPS) is 19.5. The number of amides is 2. The molecule has 1 aromatic heterocycles. The number of aliphatic hydroxyl groups is 1. The Morgan fingerprint density at radius 3 is 2.64 bits per heavy atom. The maximum Gasteiger partial charge on any atom is 0.410 e. The molecule has 8 heteroatoms. The van der Waals surface area contributed by atoms with Gasteiger partial charge in [0.2, 0.25) is 11.9 Å². The van der Waals surface area contributed by atoms with Gasteiger partial charge < -0.3 is 9.84 Å². The van der Waals surface area contributed by atoms with Crippen LogP contribution < -0.4 is 5.32 Å². The van der Waals surface area contributed by atoms with E-state index in [1.165, 1.54) is 17.3 Å². The highest BCUT2D eigenvalue weighted by molar-refractivity contribution is 5.95. The number of carbonyl (C=O) groups excluding carboxylic acids is 2. The summed E-state index contributed by atoms with van der Waals surface area (Å²) in [4.78, 5) is 33.8. The molecule has 1 aliphatic heterocycles. The van der Waals surface area contributed by atoms with E-state index in [1.807, 2.05) is 30.3 Å². The molecule has 1 aliphatic rings. The number of carbonyl (C=O) groups is 2. The van der Waals surface area contributed by atoms with Gasteiger partial charge in [0, 0.05) is 18.8 Å². The number of ether oxygens (including phenoxy) is 1. The lowest BCUT2D eigenvalue weighted by Gasteiger charge is -2.22. The number of benzene rings is 1.